The van der Waals surface area contributed by atoms with Gasteiger partial charge in [0.25, 0.3) is 0 Å². The molecule has 1 aliphatic heterocycles. The minimum atomic E-state index is -0.851. The largest absolute Gasteiger partial charge is 0.478 e. The van der Waals surface area contributed by atoms with E-state index in [1.807, 2.05) is 12.1 Å². The van der Waals surface area contributed by atoms with Crippen molar-refractivity contribution in [3.8, 4) is 0 Å². The van der Waals surface area contributed by atoms with Crippen molar-refractivity contribution in [3.05, 3.63) is 29.8 Å². The average molecular weight is 248 g/mol. The molecule has 1 aromatic carbocycles. The molecule has 1 unspecified atom stereocenters. The van der Waals surface area contributed by atoms with Gasteiger partial charge in [0, 0.05) is 19.1 Å². The number of para-hydroxylation sites is 1. The molecule has 1 atom stereocenters. The molecule has 4 heteroatoms. The van der Waals surface area contributed by atoms with Gasteiger partial charge in [-0.1, -0.05) is 12.1 Å². The number of benzene rings is 1. The lowest BCUT2D eigenvalue weighted by Gasteiger charge is -2.31. The van der Waals surface area contributed by atoms with Gasteiger partial charge in [-0.15, -0.1) is 0 Å². The van der Waals surface area contributed by atoms with Gasteiger partial charge < -0.3 is 14.9 Å². The van der Waals surface area contributed by atoms with Crippen LogP contribution in [0.1, 0.15) is 23.7 Å². The fraction of sp³-hybridized carbons (Fsp3) is 0.500. The quantitative estimate of drug-likeness (QED) is 0.868. The molecule has 1 aliphatic rings. The number of carboxylic acid groups (broad SMARTS) is 1. The summed E-state index contributed by atoms with van der Waals surface area (Å²) in [6.07, 6.45) is 1.06. The molecule has 0 aromatic heterocycles. The molecule has 1 N–H and O–H groups in total. The van der Waals surface area contributed by atoms with Gasteiger partial charge in [-0.25, -0.2) is 4.79 Å². The van der Waals surface area contributed by atoms with Crippen LogP contribution in [0, 0.1) is 0 Å². The lowest BCUT2D eigenvalue weighted by molar-refractivity contribution is 0.0697. The third kappa shape index (κ3) is 2.64. The first-order chi connectivity index (χ1) is 8.59. The number of hydrogen-bond acceptors (Lipinski definition) is 3. The van der Waals surface area contributed by atoms with Crippen LogP contribution in [0.25, 0.3) is 0 Å². The third-order valence-corrected chi connectivity index (χ3v) is 3.49. The molecule has 1 saturated heterocycles. The van der Waals surface area contributed by atoms with Crippen LogP contribution in [0.2, 0.25) is 0 Å². The topological polar surface area (TPSA) is 43.8 Å². The monoisotopic (exact) mass is 248 g/mol. The fourth-order valence-electron chi connectivity index (χ4n) is 2.64. The number of carbonyl (C=O) groups is 1. The van der Waals surface area contributed by atoms with Gasteiger partial charge in [0.15, 0.2) is 0 Å². The summed E-state index contributed by atoms with van der Waals surface area (Å²) in [4.78, 5) is 15.8. The molecular weight excluding hydrogens is 228 g/mol. The lowest BCUT2D eigenvalue weighted by atomic mass is 10.1. The van der Waals surface area contributed by atoms with Crippen LogP contribution in [-0.2, 0) is 0 Å². The summed E-state index contributed by atoms with van der Waals surface area (Å²) in [6, 6.07) is 7.60. The first-order valence-electron chi connectivity index (χ1n) is 6.37. The molecular formula is C14H20N2O2. The van der Waals surface area contributed by atoms with E-state index in [9.17, 15) is 9.90 Å². The standard InChI is InChI=1S/C14H20N2O2/c1-11-10-15(2)8-5-9-16(11)13-7-4-3-6-12(13)14(17)18/h3-4,6-7,11H,5,8-10H2,1-2H3,(H,17,18). The molecule has 1 heterocycles. The van der Waals surface area contributed by atoms with Crippen molar-refractivity contribution >= 4 is 11.7 Å². The Morgan fingerprint density at radius 1 is 1.33 bits per heavy atom. The summed E-state index contributed by atoms with van der Waals surface area (Å²) in [5.41, 5.74) is 1.24. The van der Waals surface area contributed by atoms with E-state index in [-0.39, 0.29) is 0 Å². The number of nitrogens with zero attached hydrogens (tertiary/aromatic N) is 2. The lowest BCUT2D eigenvalue weighted by Crippen LogP contribution is -2.38. The predicted molar refractivity (Wildman–Crippen MR) is 72.3 cm³/mol. The first kappa shape index (κ1) is 12.9. The van der Waals surface area contributed by atoms with Gasteiger partial charge in [-0.3, -0.25) is 0 Å². The summed E-state index contributed by atoms with van der Waals surface area (Å²) >= 11 is 0. The minimum absolute atomic E-state index is 0.331. The van der Waals surface area contributed by atoms with Crippen molar-refractivity contribution in [1.82, 2.24) is 4.90 Å². The van der Waals surface area contributed by atoms with Crippen molar-refractivity contribution < 1.29 is 9.90 Å². The highest BCUT2D eigenvalue weighted by atomic mass is 16.4. The van der Waals surface area contributed by atoms with E-state index in [1.165, 1.54) is 0 Å². The average Bonchev–Trinajstić information content (AvgIpc) is 2.50. The summed E-state index contributed by atoms with van der Waals surface area (Å²) in [6.45, 7) is 5.10. The molecule has 98 valence electrons. The smallest absolute Gasteiger partial charge is 0.337 e. The van der Waals surface area contributed by atoms with E-state index in [0.717, 1.165) is 31.7 Å². The molecule has 4 nitrogen and oxygen atoms in total. The Bertz CT molecular complexity index is 434. The summed E-state index contributed by atoms with van der Waals surface area (Å²) in [5, 5.41) is 9.27. The van der Waals surface area contributed by atoms with Gasteiger partial charge in [-0.2, -0.15) is 0 Å². The highest BCUT2D eigenvalue weighted by molar-refractivity contribution is 5.94. The second kappa shape index (κ2) is 5.40. The van der Waals surface area contributed by atoms with E-state index in [1.54, 1.807) is 12.1 Å². The number of hydrogen-bond donors (Lipinski definition) is 1. The Morgan fingerprint density at radius 2 is 2.06 bits per heavy atom. The van der Waals surface area contributed by atoms with Crippen molar-refractivity contribution in [2.45, 2.75) is 19.4 Å². The Balaban J connectivity index is 2.32. The number of carboxylic acids is 1. The van der Waals surface area contributed by atoms with E-state index >= 15 is 0 Å². The second-order valence-corrected chi connectivity index (χ2v) is 4.98. The molecule has 0 radical (unpaired) electrons. The van der Waals surface area contributed by atoms with Gasteiger partial charge in [0.1, 0.15) is 0 Å². The molecule has 0 saturated carbocycles. The zero-order chi connectivity index (χ0) is 13.1. The summed E-state index contributed by atoms with van der Waals surface area (Å²) in [5.74, 6) is -0.851. The normalized spacial score (nSPS) is 21.7. The van der Waals surface area contributed by atoms with Crippen LogP contribution >= 0.6 is 0 Å². The van der Waals surface area contributed by atoms with Gasteiger partial charge in [-0.05, 0) is 39.1 Å². The Morgan fingerprint density at radius 3 is 2.78 bits per heavy atom. The highest BCUT2D eigenvalue weighted by Crippen LogP contribution is 2.24. The maximum Gasteiger partial charge on any atom is 0.337 e. The Kier molecular flexibility index (Phi) is 3.87. The maximum absolute atomic E-state index is 11.3. The number of anilines is 1. The summed E-state index contributed by atoms with van der Waals surface area (Å²) in [7, 11) is 2.11. The molecule has 0 spiro atoms. The van der Waals surface area contributed by atoms with Crippen LogP contribution in [0.4, 0.5) is 5.69 Å². The van der Waals surface area contributed by atoms with Crippen molar-refractivity contribution in [2.75, 3.05) is 31.6 Å². The number of aromatic carboxylic acids is 1. The molecule has 2 rings (SSSR count). The van der Waals surface area contributed by atoms with Gasteiger partial charge in [0.05, 0.1) is 11.3 Å². The highest BCUT2D eigenvalue weighted by Gasteiger charge is 2.23. The van der Waals surface area contributed by atoms with Gasteiger partial charge in [0.2, 0.25) is 0 Å². The molecule has 18 heavy (non-hydrogen) atoms. The fourth-order valence-corrected chi connectivity index (χ4v) is 2.64. The molecule has 1 aromatic rings. The molecule has 1 fully saturated rings. The van der Waals surface area contributed by atoms with Crippen LogP contribution in [0.3, 0.4) is 0 Å². The third-order valence-electron chi connectivity index (χ3n) is 3.49. The molecule has 0 aliphatic carbocycles. The van der Waals surface area contributed by atoms with Crippen LogP contribution in [0.15, 0.2) is 24.3 Å². The minimum Gasteiger partial charge on any atom is -0.478 e. The van der Waals surface area contributed by atoms with Crippen LogP contribution in [0.5, 0.6) is 0 Å². The summed E-state index contributed by atoms with van der Waals surface area (Å²) < 4.78 is 0. The van der Waals surface area contributed by atoms with E-state index in [4.69, 9.17) is 0 Å². The van der Waals surface area contributed by atoms with Crippen LogP contribution in [-0.4, -0.2) is 48.7 Å². The number of likely N-dealkylation sites (N-methyl/N-ethyl adjacent to an activating group) is 1. The maximum atomic E-state index is 11.3. The molecule has 0 amide bonds. The first-order valence-corrected chi connectivity index (χ1v) is 6.37. The Labute approximate surface area is 108 Å². The van der Waals surface area contributed by atoms with E-state index in [2.05, 4.69) is 23.8 Å². The zero-order valence-corrected chi connectivity index (χ0v) is 11.0. The Hall–Kier alpha value is -1.55. The van der Waals surface area contributed by atoms with E-state index < -0.39 is 5.97 Å². The molecule has 0 bridgehead atoms. The van der Waals surface area contributed by atoms with Crippen molar-refractivity contribution in [1.29, 1.82) is 0 Å². The van der Waals surface area contributed by atoms with E-state index in [0.29, 0.717) is 11.6 Å². The van der Waals surface area contributed by atoms with Crippen molar-refractivity contribution in [3.63, 3.8) is 0 Å². The second-order valence-electron chi connectivity index (χ2n) is 4.98. The SMILES string of the molecule is CC1CN(C)CCCN1c1ccccc1C(=O)O. The predicted octanol–water partition coefficient (Wildman–Crippen LogP) is 1.92. The van der Waals surface area contributed by atoms with Crippen LogP contribution < -0.4 is 4.90 Å². The number of rotatable bonds is 2. The van der Waals surface area contributed by atoms with Crippen molar-refractivity contribution in [2.24, 2.45) is 0 Å². The zero-order valence-electron chi connectivity index (χ0n) is 11.0. The van der Waals surface area contributed by atoms with Gasteiger partial charge >= 0.3 is 5.97 Å².